The first-order valence-corrected chi connectivity index (χ1v) is 8.09. The van der Waals surface area contributed by atoms with Crippen LogP contribution in [0.3, 0.4) is 0 Å². The number of hydrogen-bond donors (Lipinski definition) is 1. The van der Waals surface area contributed by atoms with Gasteiger partial charge in [0.15, 0.2) is 0 Å². The standard InChI is InChI=1S/C16H24N4O2/c1-11-14-5-3-4-6-15(14)18-16(17-11)20-8-7-19(12(2)21)9-13(22)10-20/h13,22H,3-10H2,1-2H3/t13-/m1/s1. The SMILES string of the molecule is CC(=O)N1CCN(c2nc(C)c3c(n2)CCCC3)C[C@H](O)C1. The Morgan fingerprint density at radius 2 is 1.95 bits per heavy atom. The molecule has 0 saturated carbocycles. The highest BCUT2D eigenvalue weighted by atomic mass is 16.3. The topological polar surface area (TPSA) is 69.6 Å². The van der Waals surface area contributed by atoms with Crippen LogP contribution in [-0.2, 0) is 17.6 Å². The van der Waals surface area contributed by atoms with E-state index in [0.717, 1.165) is 24.2 Å². The first-order chi connectivity index (χ1) is 10.5. The lowest BCUT2D eigenvalue weighted by molar-refractivity contribution is -0.129. The zero-order valence-corrected chi connectivity index (χ0v) is 13.4. The largest absolute Gasteiger partial charge is 0.389 e. The maximum absolute atomic E-state index is 11.6. The van der Waals surface area contributed by atoms with Gasteiger partial charge in [-0.2, -0.15) is 0 Å². The lowest BCUT2D eigenvalue weighted by Gasteiger charge is -2.25. The van der Waals surface area contributed by atoms with Crippen molar-refractivity contribution in [2.45, 2.75) is 45.6 Å². The van der Waals surface area contributed by atoms with E-state index in [1.54, 1.807) is 11.8 Å². The molecular weight excluding hydrogens is 280 g/mol. The number of amides is 1. The molecule has 0 bridgehead atoms. The Morgan fingerprint density at radius 1 is 1.18 bits per heavy atom. The van der Waals surface area contributed by atoms with Crippen LogP contribution in [0.2, 0.25) is 0 Å². The van der Waals surface area contributed by atoms with Crippen molar-refractivity contribution in [3.8, 4) is 0 Å². The van der Waals surface area contributed by atoms with Gasteiger partial charge >= 0.3 is 0 Å². The van der Waals surface area contributed by atoms with E-state index in [1.165, 1.54) is 18.4 Å². The molecule has 0 aromatic carbocycles. The molecule has 22 heavy (non-hydrogen) atoms. The Labute approximate surface area is 131 Å². The molecule has 2 heterocycles. The highest BCUT2D eigenvalue weighted by Crippen LogP contribution is 2.24. The molecule has 2 aliphatic rings. The van der Waals surface area contributed by atoms with Crippen molar-refractivity contribution in [1.82, 2.24) is 14.9 Å². The molecule has 0 radical (unpaired) electrons. The zero-order chi connectivity index (χ0) is 15.7. The number of carbonyl (C=O) groups excluding carboxylic acids is 1. The van der Waals surface area contributed by atoms with E-state index in [9.17, 15) is 9.90 Å². The summed E-state index contributed by atoms with van der Waals surface area (Å²) in [5.74, 6) is 0.700. The van der Waals surface area contributed by atoms with Crippen LogP contribution in [0.25, 0.3) is 0 Å². The molecule has 120 valence electrons. The maximum atomic E-state index is 11.6. The summed E-state index contributed by atoms with van der Waals surface area (Å²) in [6.45, 7) is 5.71. The van der Waals surface area contributed by atoms with Gasteiger partial charge in [-0.05, 0) is 38.2 Å². The van der Waals surface area contributed by atoms with Crippen LogP contribution in [-0.4, -0.2) is 58.2 Å². The van der Waals surface area contributed by atoms with Crippen LogP contribution in [0, 0.1) is 6.92 Å². The van der Waals surface area contributed by atoms with Crippen LogP contribution >= 0.6 is 0 Å². The second-order valence-corrected chi connectivity index (χ2v) is 6.31. The Bertz CT molecular complexity index is 576. The number of rotatable bonds is 1. The zero-order valence-electron chi connectivity index (χ0n) is 13.4. The second kappa shape index (κ2) is 6.20. The number of aryl methyl sites for hydroxylation is 2. The fourth-order valence-corrected chi connectivity index (χ4v) is 3.37. The normalized spacial score (nSPS) is 22.2. The Balaban J connectivity index is 1.84. The summed E-state index contributed by atoms with van der Waals surface area (Å²) in [4.78, 5) is 24.7. The fraction of sp³-hybridized carbons (Fsp3) is 0.688. The monoisotopic (exact) mass is 304 g/mol. The van der Waals surface area contributed by atoms with E-state index in [1.807, 2.05) is 11.8 Å². The highest BCUT2D eigenvalue weighted by molar-refractivity contribution is 5.73. The quantitative estimate of drug-likeness (QED) is 0.827. The average molecular weight is 304 g/mol. The lowest BCUT2D eigenvalue weighted by atomic mass is 9.95. The van der Waals surface area contributed by atoms with Gasteiger partial charge in [0, 0.05) is 44.5 Å². The average Bonchev–Trinajstić information content (AvgIpc) is 2.69. The van der Waals surface area contributed by atoms with E-state index in [-0.39, 0.29) is 5.91 Å². The van der Waals surface area contributed by atoms with Crippen LogP contribution in [0.5, 0.6) is 0 Å². The summed E-state index contributed by atoms with van der Waals surface area (Å²) >= 11 is 0. The van der Waals surface area contributed by atoms with Crippen molar-refractivity contribution >= 4 is 11.9 Å². The smallest absolute Gasteiger partial charge is 0.225 e. The predicted octanol–water partition coefficient (Wildman–Crippen LogP) is 0.693. The highest BCUT2D eigenvalue weighted by Gasteiger charge is 2.25. The van der Waals surface area contributed by atoms with Crippen molar-refractivity contribution in [2.75, 3.05) is 31.1 Å². The third-order valence-electron chi connectivity index (χ3n) is 4.61. The number of aliphatic hydroxyl groups is 1. The molecule has 1 saturated heterocycles. The number of carbonyl (C=O) groups is 1. The molecule has 1 aliphatic heterocycles. The first kappa shape index (κ1) is 15.2. The van der Waals surface area contributed by atoms with Gasteiger partial charge < -0.3 is 14.9 Å². The molecule has 0 unspecified atom stereocenters. The summed E-state index contributed by atoms with van der Waals surface area (Å²) in [6.07, 6.45) is 3.92. The minimum atomic E-state index is -0.564. The molecule has 0 spiro atoms. The molecule has 1 aromatic heterocycles. The van der Waals surface area contributed by atoms with E-state index in [4.69, 9.17) is 4.98 Å². The summed E-state index contributed by atoms with van der Waals surface area (Å²) in [7, 11) is 0. The van der Waals surface area contributed by atoms with Crippen molar-refractivity contribution < 1.29 is 9.90 Å². The predicted molar refractivity (Wildman–Crippen MR) is 83.9 cm³/mol. The maximum Gasteiger partial charge on any atom is 0.225 e. The van der Waals surface area contributed by atoms with E-state index >= 15 is 0 Å². The van der Waals surface area contributed by atoms with Gasteiger partial charge in [0.1, 0.15) is 0 Å². The summed E-state index contributed by atoms with van der Waals surface area (Å²) in [5, 5.41) is 10.2. The first-order valence-electron chi connectivity index (χ1n) is 8.09. The van der Waals surface area contributed by atoms with Crippen LogP contribution in [0.4, 0.5) is 5.95 Å². The van der Waals surface area contributed by atoms with Gasteiger partial charge in [0.25, 0.3) is 0 Å². The van der Waals surface area contributed by atoms with Gasteiger partial charge in [0.05, 0.1) is 6.10 Å². The van der Waals surface area contributed by atoms with Gasteiger partial charge in [0.2, 0.25) is 11.9 Å². The molecule has 6 heteroatoms. The van der Waals surface area contributed by atoms with Crippen LogP contribution in [0.1, 0.15) is 36.7 Å². The van der Waals surface area contributed by atoms with Crippen LogP contribution in [0.15, 0.2) is 0 Å². The van der Waals surface area contributed by atoms with Gasteiger partial charge in [-0.1, -0.05) is 0 Å². The molecule has 1 amide bonds. The summed E-state index contributed by atoms with van der Waals surface area (Å²) in [5.41, 5.74) is 3.52. The fourth-order valence-electron chi connectivity index (χ4n) is 3.37. The third kappa shape index (κ3) is 3.06. The molecule has 1 aromatic rings. The summed E-state index contributed by atoms with van der Waals surface area (Å²) in [6, 6.07) is 0. The van der Waals surface area contributed by atoms with Crippen molar-refractivity contribution in [3.05, 3.63) is 17.0 Å². The molecule has 3 rings (SSSR count). The van der Waals surface area contributed by atoms with Crippen molar-refractivity contribution in [1.29, 1.82) is 0 Å². The molecule has 1 N–H and O–H groups in total. The van der Waals surface area contributed by atoms with Crippen molar-refractivity contribution in [2.24, 2.45) is 0 Å². The van der Waals surface area contributed by atoms with E-state index in [0.29, 0.717) is 32.1 Å². The minimum absolute atomic E-state index is 0.00319. The number of fused-ring (bicyclic) bond motifs is 1. The second-order valence-electron chi connectivity index (χ2n) is 6.31. The Kier molecular flexibility index (Phi) is 4.29. The third-order valence-corrected chi connectivity index (χ3v) is 4.61. The van der Waals surface area contributed by atoms with E-state index in [2.05, 4.69) is 4.98 Å². The van der Waals surface area contributed by atoms with Gasteiger partial charge in [-0.3, -0.25) is 4.79 Å². The van der Waals surface area contributed by atoms with Crippen LogP contribution < -0.4 is 4.90 Å². The Hall–Kier alpha value is -1.69. The van der Waals surface area contributed by atoms with Gasteiger partial charge in [-0.25, -0.2) is 9.97 Å². The number of aromatic nitrogens is 2. The minimum Gasteiger partial charge on any atom is -0.389 e. The molecule has 1 fully saturated rings. The van der Waals surface area contributed by atoms with E-state index < -0.39 is 6.10 Å². The summed E-state index contributed by atoms with van der Waals surface area (Å²) < 4.78 is 0. The number of hydrogen-bond acceptors (Lipinski definition) is 5. The number of β-amino-alcohol motifs (C(OH)–C–C–N with tert-alkyl or cyclic N) is 1. The number of nitrogens with zero attached hydrogens (tertiary/aromatic N) is 4. The number of aliphatic hydroxyl groups excluding tert-OH is 1. The molecular formula is C16H24N4O2. The number of anilines is 1. The Morgan fingerprint density at radius 3 is 2.73 bits per heavy atom. The van der Waals surface area contributed by atoms with Crippen molar-refractivity contribution in [3.63, 3.8) is 0 Å². The molecule has 1 atom stereocenters. The molecule has 6 nitrogen and oxygen atoms in total. The van der Waals surface area contributed by atoms with Gasteiger partial charge in [-0.15, -0.1) is 0 Å². The lowest BCUT2D eigenvalue weighted by Crippen LogP contribution is -2.36. The molecule has 1 aliphatic carbocycles.